The molecule has 0 N–H and O–H groups in total. The van der Waals surface area contributed by atoms with Crippen LogP contribution in [0.1, 0.15) is 45.2 Å². The molecule has 3 rings (SSSR count). The highest BCUT2D eigenvalue weighted by atomic mass is 28.4. The second kappa shape index (κ2) is 12.9. The maximum atomic E-state index is 12.5. The molecule has 0 unspecified atom stereocenters. The molecular formula is C30H42O6Si. The van der Waals surface area contributed by atoms with E-state index in [1.807, 2.05) is 60.7 Å². The first-order chi connectivity index (χ1) is 17.5. The second-order valence-electron chi connectivity index (χ2n) is 11.0. The molecule has 1 saturated heterocycles. The zero-order valence-electron chi connectivity index (χ0n) is 23.1. The number of esters is 1. The number of hydrogen-bond acceptors (Lipinski definition) is 6. The van der Waals surface area contributed by atoms with Crippen LogP contribution in [-0.4, -0.2) is 45.3 Å². The Balaban J connectivity index is 1.94. The van der Waals surface area contributed by atoms with E-state index in [1.165, 1.54) is 0 Å². The topological polar surface area (TPSA) is 63.2 Å². The van der Waals surface area contributed by atoms with Gasteiger partial charge in [-0.15, -0.1) is 0 Å². The van der Waals surface area contributed by atoms with Crippen molar-refractivity contribution in [3.8, 4) is 0 Å². The first kappa shape index (κ1) is 29.1. The van der Waals surface area contributed by atoms with Crippen molar-refractivity contribution in [1.82, 2.24) is 0 Å². The Morgan fingerprint density at radius 3 is 1.92 bits per heavy atom. The average molecular weight is 527 g/mol. The van der Waals surface area contributed by atoms with Gasteiger partial charge in [0.1, 0.15) is 30.2 Å². The van der Waals surface area contributed by atoms with Gasteiger partial charge in [-0.25, -0.2) is 0 Å². The Labute approximate surface area is 223 Å². The summed E-state index contributed by atoms with van der Waals surface area (Å²) in [6.45, 7) is 18.0. The Bertz CT molecular complexity index is 1000. The van der Waals surface area contributed by atoms with E-state index >= 15 is 0 Å². The lowest BCUT2D eigenvalue weighted by Crippen LogP contribution is -2.58. The second-order valence-corrected chi connectivity index (χ2v) is 15.7. The van der Waals surface area contributed by atoms with Crippen molar-refractivity contribution >= 4 is 14.3 Å². The quantitative estimate of drug-likeness (QED) is 0.249. The Morgan fingerprint density at radius 1 is 0.919 bits per heavy atom. The van der Waals surface area contributed by atoms with Crippen molar-refractivity contribution in [2.24, 2.45) is 0 Å². The fourth-order valence-electron chi connectivity index (χ4n) is 3.98. The molecule has 202 valence electrons. The molecule has 0 saturated carbocycles. The van der Waals surface area contributed by atoms with E-state index in [1.54, 1.807) is 6.92 Å². The van der Waals surface area contributed by atoms with Gasteiger partial charge in [0.15, 0.2) is 8.32 Å². The summed E-state index contributed by atoms with van der Waals surface area (Å²) in [4.78, 5) is 12.5. The lowest BCUT2D eigenvalue weighted by molar-refractivity contribution is -0.202. The number of ether oxygens (including phenoxy) is 4. The minimum atomic E-state index is -2.24. The lowest BCUT2D eigenvalue weighted by Gasteiger charge is -2.47. The summed E-state index contributed by atoms with van der Waals surface area (Å²) >= 11 is 0. The molecule has 37 heavy (non-hydrogen) atoms. The van der Waals surface area contributed by atoms with E-state index < -0.39 is 32.7 Å². The van der Waals surface area contributed by atoms with Crippen LogP contribution in [0.3, 0.4) is 0 Å². The van der Waals surface area contributed by atoms with Crippen LogP contribution in [0.5, 0.6) is 0 Å². The molecule has 0 spiro atoms. The van der Waals surface area contributed by atoms with Crippen molar-refractivity contribution < 1.29 is 28.2 Å². The molecule has 0 aliphatic carbocycles. The number of hydrogen-bond donors (Lipinski definition) is 0. The Kier molecular flexibility index (Phi) is 10.1. The van der Waals surface area contributed by atoms with Crippen molar-refractivity contribution in [2.75, 3.05) is 6.61 Å². The molecular weight excluding hydrogens is 484 g/mol. The van der Waals surface area contributed by atoms with Crippen LogP contribution in [-0.2, 0) is 41.4 Å². The molecule has 0 amide bonds. The highest BCUT2D eigenvalue weighted by Crippen LogP contribution is 2.41. The molecule has 0 radical (unpaired) electrons. The molecule has 2 aromatic carbocycles. The minimum absolute atomic E-state index is 0.0283. The van der Waals surface area contributed by atoms with Gasteiger partial charge in [0.25, 0.3) is 0 Å². The predicted molar refractivity (Wildman–Crippen MR) is 147 cm³/mol. The van der Waals surface area contributed by atoms with Crippen molar-refractivity contribution in [3.05, 3.63) is 84.1 Å². The first-order valence-electron chi connectivity index (χ1n) is 13.0. The van der Waals surface area contributed by atoms with Crippen LogP contribution in [0.4, 0.5) is 0 Å². The predicted octanol–water partition coefficient (Wildman–Crippen LogP) is 6.41. The largest absolute Gasteiger partial charge is 0.489 e. The Hall–Kier alpha value is -2.45. The van der Waals surface area contributed by atoms with E-state index in [0.717, 1.165) is 11.1 Å². The van der Waals surface area contributed by atoms with Crippen molar-refractivity contribution in [1.29, 1.82) is 0 Å². The van der Waals surface area contributed by atoms with E-state index in [0.29, 0.717) is 25.6 Å². The smallest absolute Gasteiger partial charge is 0.309 e. The highest BCUT2D eigenvalue weighted by molar-refractivity contribution is 6.74. The molecule has 0 aromatic heterocycles. The summed E-state index contributed by atoms with van der Waals surface area (Å²) in [5, 5.41) is -0.0283. The summed E-state index contributed by atoms with van der Waals surface area (Å²) in [6, 6.07) is 19.9. The summed E-state index contributed by atoms with van der Waals surface area (Å²) in [5.74, 6) is 0.107. The zero-order chi connectivity index (χ0) is 27.1. The minimum Gasteiger partial charge on any atom is -0.489 e. The number of carbonyl (C=O) groups is 1. The van der Waals surface area contributed by atoms with Crippen LogP contribution >= 0.6 is 0 Å². The lowest BCUT2D eigenvalue weighted by atomic mass is 9.95. The number of carbonyl (C=O) groups excluding carboxylic acids is 1. The summed E-state index contributed by atoms with van der Waals surface area (Å²) in [6.07, 6.45) is -2.23. The average Bonchev–Trinajstić information content (AvgIpc) is 2.84. The molecule has 4 atom stereocenters. The van der Waals surface area contributed by atoms with Gasteiger partial charge in [-0.1, -0.05) is 88.0 Å². The van der Waals surface area contributed by atoms with E-state index in [9.17, 15) is 4.79 Å². The summed E-state index contributed by atoms with van der Waals surface area (Å²) in [7, 11) is -2.24. The van der Waals surface area contributed by atoms with Crippen LogP contribution < -0.4 is 0 Å². The molecule has 1 aliphatic rings. The maximum Gasteiger partial charge on any atom is 0.309 e. The van der Waals surface area contributed by atoms with Crippen LogP contribution in [0.25, 0.3) is 0 Å². The molecule has 1 fully saturated rings. The number of benzene rings is 2. The van der Waals surface area contributed by atoms with Crippen LogP contribution in [0.15, 0.2) is 73.0 Å². The molecule has 6 nitrogen and oxygen atoms in total. The zero-order valence-corrected chi connectivity index (χ0v) is 24.1. The van der Waals surface area contributed by atoms with Crippen molar-refractivity contribution in [3.63, 3.8) is 0 Å². The maximum absolute atomic E-state index is 12.5. The fourth-order valence-corrected chi connectivity index (χ4v) is 5.24. The van der Waals surface area contributed by atoms with Crippen LogP contribution in [0, 0.1) is 0 Å². The van der Waals surface area contributed by atoms with Gasteiger partial charge in [0.2, 0.25) is 0 Å². The van der Waals surface area contributed by atoms with Crippen molar-refractivity contribution in [2.45, 2.75) is 89.9 Å². The van der Waals surface area contributed by atoms with Gasteiger partial charge in [-0.3, -0.25) is 4.79 Å². The van der Waals surface area contributed by atoms with Gasteiger partial charge in [0.05, 0.1) is 26.2 Å². The van der Waals surface area contributed by atoms with Crippen LogP contribution in [0.2, 0.25) is 18.1 Å². The van der Waals surface area contributed by atoms with Gasteiger partial charge >= 0.3 is 5.97 Å². The third-order valence-electron chi connectivity index (χ3n) is 7.08. The third kappa shape index (κ3) is 8.01. The number of rotatable bonds is 11. The first-order valence-corrected chi connectivity index (χ1v) is 15.9. The van der Waals surface area contributed by atoms with Gasteiger partial charge in [-0.2, -0.15) is 0 Å². The molecule has 7 heteroatoms. The van der Waals surface area contributed by atoms with Gasteiger partial charge < -0.3 is 23.4 Å². The standard InChI is InChI=1S/C30H42O6Si/c1-8-32-26(31)19-25-28(33-20-23-15-11-9-12-16-23)29(34-21-24-17-13-10-14-18-24)27(22(2)35-25)36-37(6,7)30(3,4)5/h9-18,25,27-29H,2,8,19-21H2,1,3-7H3/t25-,27+,28-,29-/m0/s1. The molecule has 0 bridgehead atoms. The molecule has 2 aromatic rings. The molecule has 1 heterocycles. The third-order valence-corrected chi connectivity index (χ3v) is 11.5. The summed E-state index contributed by atoms with van der Waals surface area (Å²) in [5.41, 5.74) is 2.06. The van der Waals surface area contributed by atoms with E-state index in [4.69, 9.17) is 23.4 Å². The highest BCUT2D eigenvalue weighted by Gasteiger charge is 2.50. The Morgan fingerprint density at radius 2 is 1.43 bits per heavy atom. The fraction of sp³-hybridized carbons (Fsp3) is 0.500. The normalized spacial score (nSPS) is 22.4. The SMILES string of the molecule is C=C1O[C@@H](CC(=O)OCC)[C@H](OCc2ccccc2)[C@@H](OCc2ccccc2)[C@@H]1O[Si](C)(C)C(C)(C)C. The monoisotopic (exact) mass is 526 g/mol. The van der Waals surface area contributed by atoms with E-state index in [2.05, 4.69) is 40.4 Å². The van der Waals surface area contributed by atoms with Gasteiger partial charge in [-0.05, 0) is 36.2 Å². The summed E-state index contributed by atoms with van der Waals surface area (Å²) < 4.78 is 31.4. The van der Waals surface area contributed by atoms with Gasteiger partial charge in [0, 0.05) is 0 Å². The van der Waals surface area contributed by atoms with E-state index in [-0.39, 0.29) is 17.4 Å². The molecule has 1 aliphatic heterocycles.